The quantitative estimate of drug-likeness (QED) is 0.663. The van der Waals surface area contributed by atoms with Crippen LogP contribution in [0.15, 0.2) is 48.5 Å². The number of methoxy groups -OCH3 is 1. The molecule has 2 aromatic rings. The number of benzene rings is 2. The predicted molar refractivity (Wildman–Crippen MR) is 106 cm³/mol. The van der Waals surface area contributed by atoms with Gasteiger partial charge in [-0.05, 0) is 43.7 Å². The number of hydrogen-bond donors (Lipinski definition) is 2. The molecule has 0 bridgehead atoms. The van der Waals surface area contributed by atoms with Crippen LogP contribution in [0, 0.1) is 5.82 Å². The number of para-hydroxylation sites is 1. The number of nitrogens with one attached hydrogen (secondary N) is 2. The molecule has 0 aromatic heterocycles. The lowest BCUT2D eigenvalue weighted by Crippen LogP contribution is -2.48. The molecule has 0 aliphatic rings. The molecule has 2 aromatic carbocycles. The van der Waals surface area contributed by atoms with E-state index in [-0.39, 0.29) is 12.4 Å². The van der Waals surface area contributed by atoms with E-state index in [0.717, 1.165) is 5.56 Å². The molecule has 2 rings (SSSR count). The van der Waals surface area contributed by atoms with Gasteiger partial charge in [-0.1, -0.05) is 30.4 Å². The van der Waals surface area contributed by atoms with E-state index in [0.29, 0.717) is 11.5 Å². The van der Waals surface area contributed by atoms with Gasteiger partial charge in [0, 0.05) is 0 Å². The first-order valence-electron chi connectivity index (χ1n) is 8.88. The van der Waals surface area contributed by atoms with Crippen LogP contribution in [0.1, 0.15) is 19.4 Å². The SMILES string of the molecule is C/C=C/c1ccc(OCC(=O)NNC(=O)[C@@H](C)Oc2ccccc2F)c(OC)c1. The fourth-order valence-corrected chi connectivity index (χ4v) is 2.30. The molecule has 2 N–H and O–H groups in total. The number of halogens is 1. The molecule has 154 valence electrons. The predicted octanol–water partition coefficient (Wildman–Crippen LogP) is 2.86. The molecule has 0 aliphatic carbocycles. The van der Waals surface area contributed by atoms with Crippen LogP contribution < -0.4 is 25.1 Å². The molecule has 0 saturated heterocycles. The van der Waals surface area contributed by atoms with Crippen LogP contribution in [0.3, 0.4) is 0 Å². The highest BCUT2D eigenvalue weighted by atomic mass is 19.1. The zero-order valence-electron chi connectivity index (χ0n) is 16.4. The van der Waals surface area contributed by atoms with Crippen molar-refractivity contribution in [2.45, 2.75) is 20.0 Å². The Hall–Kier alpha value is -3.55. The van der Waals surface area contributed by atoms with E-state index in [1.54, 1.807) is 18.2 Å². The van der Waals surface area contributed by atoms with Crippen molar-refractivity contribution in [1.29, 1.82) is 0 Å². The van der Waals surface area contributed by atoms with Gasteiger partial charge in [-0.2, -0.15) is 0 Å². The monoisotopic (exact) mass is 402 g/mol. The molecule has 0 unspecified atom stereocenters. The van der Waals surface area contributed by atoms with Crippen molar-refractivity contribution in [2.24, 2.45) is 0 Å². The Kier molecular flexibility index (Phi) is 8.02. The molecular formula is C21H23FN2O5. The fourth-order valence-electron chi connectivity index (χ4n) is 2.30. The summed E-state index contributed by atoms with van der Waals surface area (Å²) in [5.74, 6) is -1.01. The van der Waals surface area contributed by atoms with Crippen molar-refractivity contribution in [3.63, 3.8) is 0 Å². The van der Waals surface area contributed by atoms with Gasteiger partial charge in [-0.25, -0.2) is 4.39 Å². The lowest BCUT2D eigenvalue weighted by atomic mass is 10.2. The summed E-state index contributed by atoms with van der Waals surface area (Å²) in [5, 5.41) is 0. The third-order valence-corrected chi connectivity index (χ3v) is 3.74. The Labute approximate surface area is 168 Å². The molecule has 0 saturated carbocycles. The molecule has 0 heterocycles. The largest absolute Gasteiger partial charge is 0.493 e. The van der Waals surface area contributed by atoms with Crippen LogP contribution in [-0.2, 0) is 9.59 Å². The second kappa shape index (κ2) is 10.7. The highest BCUT2D eigenvalue weighted by Gasteiger charge is 2.17. The van der Waals surface area contributed by atoms with Crippen molar-refractivity contribution in [3.05, 3.63) is 59.9 Å². The number of carbonyl (C=O) groups is 2. The maximum Gasteiger partial charge on any atom is 0.279 e. The first kappa shape index (κ1) is 21.7. The summed E-state index contributed by atoms with van der Waals surface area (Å²) in [6, 6.07) is 11.0. The minimum atomic E-state index is -1.02. The Morgan fingerprint density at radius 2 is 1.86 bits per heavy atom. The van der Waals surface area contributed by atoms with Crippen LogP contribution in [0.25, 0.3) is 6.08 Å². The van der Waals surface area contributed by atoms with Crippen molar-refractivity contribution in [2.75, 3.05) is 13.7 Å². The fraction of sp³-hybridized carbons (Fsp3) is 0.238. The van der Waals surface area contributed by atoms with Gasteiger partial charge in [0.25, 0.3) is 11.8 Å². The third-order valence-electron chi connectivity index (χ3n) is 3.74. The normalized spacial score (nSPS) is 11.6. The average Bonchev–Trinajstić information content (AvgIpc) is 2.72. The summed E-state index contributed by atoms with van der Waals surface area (Å²) in [5.41, 5.74) is 5.35. The standard InChI is InChI=1S/C21H23FN2O5/c1-4-7-15-10-11-18(19(12-15)27-3)28-13-20(25)23-24-21(26)14(2)29-17-9-6-5-8-16(17)22/h4-12,14H,13H2,1-3H3,(H,23,25)(H,24,26)/b7-4+/t14-/m1/s1. The lowest BCUT2D eigenvalue weighted by Gasteiger charge is -2.16. The summed E-state index contributed by atoms with van der Waals surface area (Å²) in [6.07, 6.45) is 2.77. The van der Waals surface area contributed by atoms with Gasteiger partial charge < -0.3 is 14.2 Å². The van der Waals surface area contributed by atoms with Gasteiger partial charge in [-0.15, -0.1) is 0 Å². The highest BCUT2D eigenvalue weighted by molar-refractivity contribution is 5.85. The number of hydrazine groups is 1. The summed E-state index contributed by atoms with van der Waals surface area (Å²) >= 11 is 0. The first-order valence-corrected chi connectivity index (χ1v) is 8.88. The number of hydrogen-bond acceptors (Lipinski definition) is 5. The Bertz CT molecular complexity index is 885. The van der Waals surface area contributed by atoms with E-state index in [9.17, 15) is 14.0 Å². The molecule has 1 atom stereocenters. The summed E-state index contributed by atoms with van der Waals surface area (Å²) < 4.78 is 29.5. The molecule has 0 spiro atoms. The van der Waals surface area contributed by atoms with Crippen molar-refractivity contribution >= 4 is 17.9 Å². The van der Waals surface area contributed by atoms with E-state index >= 15 is 0 Å². The minimum absolute atomic E-state index is 0.0572. The maximum atomic E-state index is 13.6. The van der Waals surface area contributed by atoms with Gasteiger partial charge in [-0.3, -0.25) is 20.4 Å². The summed E-state index contributed by atoms with van der Waals surface area (Å²) in [4.78, 5) is 23.9. The van der Waals surface area contributed by atoms with Gasteiger partial charge in [0.15, 0.2) is 35.8 Å². The molecule has 0 fully saturated rings. The van der Waals surface area contributed by atoms with Crippen LogP contribution in [0.5, 0.6) is 17.2 Å². The second-order valence-corrected chi connectivity index (χ2v) is 5.93. The highest BCUT2D eigenvalue weighted by Crippen LogP contribution is 2.28. The van der Waals surface area contributed by atoms with E-state index < -0.39 is 23.7 Å². The van der Waals surface area contributed by atoms with Gasteiger partial charge in [0.1, 0.15) is 0 Å². The molecule has 8 heteroatoms. The smallest absolute Gasteiger partial charge is 0.279 e. The number of ether oxygens (including phenoxy) is 3. The van der Waals surface area contributed by atoms with E-state index in [1.165, 1.54) is 32.2 Å². The first-order chi connectivity index (χ1) is 13.9. The average molecular weight is 402 g/mol. The summed E-state index contributed by atoms with van der Waals surface area (Å²) in [6.45, 7) is 2.99. The van der Waals surface area contributed by atoms with Crippen LogP contribution in [0.2, 0.25) is 0 Å². The van der Waals surface area contributed by atoms with E-state index in [2.05, 4.69) is 10.9 Å². The van der Waals surface area contributed by atoms with Crippen LogP contribution >= 0.6 is 0 Å². The van der Waals surface area contributed by atoms with Crippen molar-refractivity contribution < 1.29 is 28.2 Å². The molecular weight excluding hydrogens is 379 g/mol. The van der Waals surface area contributed by atoms with Gasteiger partial charge in [0.2, 0.25) is 0 Å². The topological polar surface area (TPSA) is 85.9 Å². The maximum absolute atomic E-state index is 13.6. The Balaban J connectivity index is 1.82. The third kappa shape index (κ3) is 6.53. The molecule has 2 amide bonds. The number of allylic oxidation sites excluding steroid dienone is 1. The van der Waals surface area contributed by atoms with Crippen LogP contribution in [0.4, 0.5) is 4.39 Å². The van der Waals surface area contributed by atoms with Crippen molar-refractivity contribution in [1.82, 2.24) is 10.9 Å². The van der Waals surface area contributed by atoms with E-state index in [4.69, 9.17) is 14.2 Å². The number of amides is 2. The zero-order chi connectivity index (χ0) is 21.2. The van der Waals surface area contributed by atoms with Gasteiger partial charge in [0.05, 0.1) is 7.11 Å². The lowest BCUT2D eigenvalue weighted by molar-refractivity contribution is -0.133. The van der Waals surface area contributed by atoms with E-state index in [1.807, 2.05) is 25.1 Å². The molecule has 0 radical (unpaired) electrons. The van der Waals surface area contributed by atoms with Gasteiger partial charge >= 0.3 is 0 Å². The molecule has 7 nitrogen and oxygen atoms in total. The minimum Gasteiger partial charge on any atom is -0.493 e. The molecule has 0 aliphatic heterocycles. The number of rotatable bonds is 8. The van der Waals surface area contributed by atoms with Crippen LogP contribution in [-0.4, -0.2) is 31.6 Å². The summed E-state index contributed by atoms with van der Waals surface area (Å²) in [7, 11) is 1.50. The van der Waals surface area contributed by atoms with Crippen molar-refractivity contribution in [3.8, 4) is 17.2 Å². The second-order valence-electron chi connectivity index (χ2n) is 5.93. The Morgan fingerprint density at radius 1 is 1.10 bits per heavy atom. The zero-order valence-corrected chi connectivity index (χ0v) is 16.4. The Morgan fingerprint density at radius 3 is 2.55 bits per heavy atom. The number of carbonyl (C=O) groups excluding carboxylic acids is 2. The molecule has 29 heavy (non-hydrogen) atoms.